The van der Waals surface area contributed by atoms with Crippen molar-refractivity contribution in [2.45, 2.75) is 10.9 Å². The van der Waals surface area contributed by atoms with Gasteiger partial charge in [0.25, 0.3) is 0 Å². The van der Waals surface area contributed by atoms with E-state index in [4.69, 9.17) is 0 Å². The maximum atomic E-state index is 13.2. The number of halogens is 3. The molecule has 0 radical (unpaired) electrons. The lowest BCUT2D eigenvalue weighted by molar-refractivity contribution is 0.568. The van der Waals surface area contributed by atoms with Gasteiger partial charge < -0.3 is 5.32 Å². The van der Waals surface area contributed by atoms with Crippen molar-refractivity contribution in [2.75, 3.05) is 12.8 Å². The van der Waals surface area contributed by atoms with Gasteiger partial charge in [0.15, 0.2) is 0 Å². The Morgan fingerprint density at radius 1 is 0.950 bits per heavy atom. The first-order valence-corrected chi connectivity index (χ1v) is 7.08. The molecule has 0 saturated carbocycles. The zero-order valence-corrected chi connectivity index (χ0v) is 11.7. The number of hydrogen-bond donors (Lipinski definition) is 1. The summed E-state index contributed by atoms with van der Waals surface area (Å²) in [5.41, 5.74) is 0.555. The molecule has 0 aromatic heterocycles. The van der Waals surface area contributed by atoms with Gasteiger partial charge in [0.2, 0.25) is 0 Å². The summed E-state index contributed by atoms with van der Waals surface area (Å²) in [5, 5.41) is 3.03. The van der Waals surface area contributed by atoms with E-state index >= 15 is 0 Å². The van der Waals surface area contributed by atoms with Crippen LogP contribution in [-0.4, -0.2) is 12.8 Å². The first-order chi connectivity index (χ1) is 9.58. The fourth-order valence-electron chi connectivity index (χ4n) is 1.83. The third-order valence-corrected chi connectivity index (χ3v) is 3.97. The molecule has 2 aromatic carbocycles. The summed E-state index contributed by atoms with van der Waals surface area (Å²) in [6.45, 7) is 0. The standard InChI is InChI=1S/C15H14F3NS/c1-19-15(10-6-12(17)8-13(18)7-10)9-20-14-4-2-11(16)3-5-14/h2-8,15,19H,9H2,1H3. The second-order valence-corrected chi connectivity index (χ2v) is 5.40. The smallest absolute Gasteiger partial charge is 0.126 e. The highest BCUT2D eigenvalue weighted by atomic mass is 32.2. The first-order valence-electron chi connectivity index (χ1n) is 6.10. The molecule has 0 heterocycles. The van der Waals surface area contributed by atoms with Crippen LogP contribution < -0.4 is 5.32 Å². The van der Waals surface area contributed by atoms with Crippen molar-refractivity contribution < 1.29 is 13.2 Å². The predicted octanol–water partition coefficient (Wildman–Crippen LogP) is 4.16. The highest BCUT2D eigenvalue weighted by molar-refractivity contribution is 7.99. The second kappa shape index (κ2) is 6.81. The van der Waals surface area contributed by atoms with Gasteiger partial charge in [0.05, 0.1) is 0 Å². The Morgan fingerprint density at radius 3 is 2.10 bits per heavy atom. The Labute approximate surface area is 120 Å². The van der Waals surface area contributed by atoms with Crippen LogP contribution in [-0.2, 0) is 0 Å². The van der Waals surface area contributed by atoms with E-state index < -0.39 is 11.6 Å². The van der Waals surface area contributed by atoms with Gasteiger partial charge in [-0.15, -0.1) is 11.8 Å². The third kappa shape index (κ3) is 4.02. The molecular formula is C15H14F3NS. The summed E-state index contributed by atoms with van der Waals surface area (Å²) in [5.74, 6) is -0.879. The van der Waals surface area contributed by atoms with Crippen LogP contribution in [0.3, 0.4) is 0 Å². The van der Waals surface area contributed by atoms with Crippen LogP contribution in [0.1, 0.15) is 11.6 Å². The Balaban J connectivity index is 2.07. The van der Waals surface area contributed by atoms with E-state index in [1.807, 2.05) is 0 Å². The largest absolute Gasteiger partial charge is 0.312 e. The molecule has 1 N–H and O–H groups in total. The molecule has 1 unspecified atom stereocenters. The molecular weight excluding hydrogens is 283 g/mol. The summed E-state index contributed by atoms with van der Waals surface area (Å²) >= 11 is 1.49. The Kier molecular flexibility index (Phi) is 5.09. The van der Waals surface area contributed by atoms with Crippen LogP contribution in [0.5, 0.6) is 0 Å². The Hall–Kier alpha value is -1.46. The van der Waals surface area contributed by atoms with E-state index in [1.54, 1.807) is 19.2 Å². The lowest BCUT2D eigenvalue weighted by Gasteiger charge is -2.16. The lowest BCUT2D eigenvalue weighted by atomic mass is 10.1. The molecule has 5 heteroatoms. The average Bonchev–Trinajstić information content (AvgIpc) is 2.40. The summed E-state index contributed by atoms with van der Waals surface area (Å²) in [6, 6.07) is 9.43. The van der Waals surface area contributed by atoms with Gasteiger partial charge in [-0.3, -0.25) is 0 Å². The van der Waals surface area contributed by atoms with E-state index in [0.717, 1.165) is 11.0 Å². The molecule has 0 amide bonds. The molecule has 0 spiro atoms. The zero-order valence-electron chi connectivity index (χ0n) is 10.9. The van der Waals surface area contributed by atoms with Gasteiger partial charge in [-0.2, -0.15) is 0 Å². The first kappa shape index (κ1) is 14.9. The average molecular weight is 297 g/mol. The normalized spacial score (nSPS) is 12.4. The number of nitrogens with one attached hydrogen (secondary N) is 1. The van der Waals surface area contributed by atoms with Crippen molar-refractivity contribution in [3.05, 3.63) is 65.5 Å². The van der Waals surface area contributed by atoms with E-state index in [9.17, 15) is 13.2 Å². The fourth-order valence-corrected chi connectivity index (χ4v) is 2.88. The molecule has 0 bridgehead atoms. The van der Waals surface area contributed by atoms with Gasteiger partial charge in [-0.1, -0.05) is 0 Å². The van der Waals surface area contributed by atoms with Gasteiger partial charge in [0, 0.05) is 22.8 Å². The number of hydrogen-bond acceptors (Lipinski definition) is 2. The molecule has 1 atom stereocenters. The molecule has 0 saturated heterocycles. The highest BCUT2D eigenvalue weighted by Gasteiger charge is 2.12. The Morgan fingerprint density at radius 2 is 1.55 bits per heavy atom. The van der Waals surface area contributed by atoms with Crippen LogP contribution in [0.2, 0.25) is 0 Å². The summed E-state index contributed by atoms with van der Waals surface area (Å²) < 4.78 is 39.2. The van der Waals surface area contributed by atoms with E-state index in [0.29, 0.717) is 11.3 Å². The van der Waals surface area contributed by atoms with Crippen LogP contribution in [0, 0.1) is 17.5 Å². The van der Waals surface area contributed by atoms with Gasteiger partial charge >= 0.3 is 0 Å². The number of benzene rings is 2. The van der Waals surface area contributed by atoms with Gasteiger partial charge in [-0.25, -0.2) is 13.2 Å². The van der Waals surface area contributed by atoms with Crippen LogP contribution in [0.25, 0.3) is 0 Å². The monoisotopic (exact) mass is 297 g/mol. The quantitative estimate of drug-likeness (QED) is 0.832. The Bertz CT molecular complexity index is 552. The highest BCUT2D eigenvalue weighted by Crippen LogP contribution is 2.25. The van der Waals surface area contributed by atoms with E-state index in [-0.39, 0.29) is 11.9 Å². The van der Waals surface area contributed by atoms with Crippen molar-refractivity contribution in [2.24, 2.45) is 0 Å². The predicted molar refractivity (Wildman–Crippen MR) is 75.3 cm³/mol. The van der Waals surface area contributed by atoms with Crippen molar-refractivity contribution in [3.63, 3.8) is 0 Å². The molecule has 2 aromatic rings. The van der Waals surface area contributed by atoms with Gasteiger partial charge in [0.1, 0.15) is 17.5 Å². The van der Waals surface area contributed by atoms with Crippen molar-refractivity contribution in [1.29, 1.82) is 0 Å². The molecule has 0 aliphatic carbocycles. The van der Waals surface area contributed by atoms with E-state index in [2.05, 4.69) is 5.32 Å². The summed E-state index contributed by atoms with van der Waals surface area (Å²) in [4.78, 5) is 0.906. The molecule has 1 nitrogen and oxygen atoms in total. The number of thioether (sulfide) groups is 1. The maximum Gasteiger partial charge on any atom is 0.126 e. The van der Waals surface area contributed by atoms with Crippen LogP contribution in [0.4, 0.5) is 13.2 Å². The molecule has 0 aliphatic heterocycles. The molecule has 0 aliphatic rings. The maximum absolute atomic E-state index is 13.2. The summed E-state index contributed by atoms with van der Waals surface area (Å²) in [7, 11) is 1.73. The molecule has 0 fully saturated rings. The van der Waals surface area contributed by atoms with Crippen LogP contribution in [0.15, 0.2) is 47.4 Å². The van der Waals surface area contributed by atoms with Crippen molar-refractivity contribution >= 4 is 11.8 Å². The minimum absolute atomic E-state index is 0.185. The van der Waals surface area contributed by atoms with Crippen molar-refractivity contribution in [3.8, 4) is 0 Å². The van der Waals surface area contributed by atoms with E-state index in [1.165, 1.54) is 36.0 Å². The zero-order chi connectivity index (χ0) is 14.5. The lowest BCUT2D eigenvalue weighted by Crippen LogP contribution is -2.19. The molecule has 20 heavy (non-hydrogen) atoms. The topological polar surface area (TPSA) is 12.0 Å². The molecule has 106 valence electrons. The minimum Gasteiger partial charge on any atom is -0.312 e. The van der Waals surface area contributed by atoms with Crippen molar-refractivity contribution in [1.82, 2.24) is 5.32 Å². The summed E-state index contributed by atoms with van der Waals surface area (Å²) in [6.07, 6.45) is 0. The number of rotatable bonds is 5. The van der Waals surface area contributed by atoms with Crippen LogP contribution >= 0.6 is 11.8 Å². The fraction of sp³-hybridized carbons (Fsp3) is 0.200. The minimum atomic E-state index is -0.591. The third-order valence-electron chi connectivity index (χ3n) is 2.87. The second-order valence-electron chi connectivity index (χ2n) is 4.31. The van der Waals surface area contributed by atoms with Gasteiger partial charge in [-0.05, 0) is 49.0 Å². The molecule has 2 rings (SSSR count). The SMILES string of the molecule is CNC(CSc1ccc(F)cc1)c1cc(F)cc(F)c1.